The number of thioether (sulfide) groups is 1. The number of anilines is 1. The monoisotopic (exact) mass is 392 g/mol. The van der Waals surface area contributed by atoms with E-state index in [-0.39, 0.29) is 16.8 Å². The van der Waals surface area contributed by atoms with Crippen LogP contribution < -0.4 is 16.0 Å². The topological polar surface area (TPSA) is 74.8 Å². The normalized spacial score (nSPS) is 17.6. The second kappa shape index (κ2) is 10.6. The Labute approximate surface area is 166 Å². The Hall–Kier alpha value is -1.73. The van der Waals surface area contributed by atoms with Gasteiger partial charge in [0.05, 0.1) is 6.54 Å². The predicted octanol–water partition coefficient (Wildman–Crippen LogP) is 3.00. The van der Waals surface area contributed by atoms with Crippen LogP contribution in [0.2, 0.25) is 0 Å². The SMILES string of the molecule is CCNC(=NCc1cccc(NC(=O)C2CCCO2)c1)NCC(C)(C)SC. The van der Waals surface area contributed by atoms with Gasteiger partial charge in [-0.1, -0.05) is 12.1 Å². The number of amides is 1. The summed E-state index contributed by atoms with van der Waals surface area (Å²) in [5.74, 6) is 0.732. The van der Waals surface area contributed by atoms with Gasteiger partial charge in [0.25, 0.3) is 5.91 Å². The van der Waals surface area contributed by atoms with Crippen LogP contribution in [0.25, 0.3) is 0 Å². The quantitative estimate of drug-likeness (QED) is 0.468. The molecule has 7 heteroatoms. The molecule has 1 aliphatic heterocycles. The van der Waals surface area contributed by atoms with Crippen molar-refractivity contribution >= 4 is 29.3 Å². The first-order valence-corrected chi connectivity index (χ1v) is 10.7. The fraction of sp³-hybridized carbons (Fsp3) is 0.600. The number of carbonyl (C=O) groups is 1. The van der Waals surface area contributed by atoms with E-state index in [0.29, 0.717) is 13.2 Å². The maximum Gasteiger partial charge on any atom is 0.253 e. The molecule has 0 aliphatic carbocycles. The van der Waals surface area contributed by atoms with Gasteiger partial charge in [0.15, 0.2) is 5.96 Å². The van der Waals surface area contributed by atoms with Crippen molar-refractivity contribution in [3.63, 3.8) is 0 Å². The zero-order valence-electron chi connectivity index (χ0n) is 16.8. The average molecular weight is 393 g/mol. The Morgan fingerprint density at radius 3 is 2.85 bits per heavy atom. The molecule has 6 nitrogen and oxygen atoms in total. The maximum atomic E-state index is 12.2. The molecule has 1 aromatic rings. The Morgan fingerprint density at radius 2 is 2.19 bits per heavy atom. The van der Waals surface area contributed by atoms with Crippen LogP contribution in [0, 0.1) is 0 Å². The third-order valence-corrected chi connectivity index (χ3v) is 5.66. The lowest BCUT2D eigenvalue weighted by atomic mass is 10.2. The van der Waals surface area contributed by atoms with Crippen LogP contribution in [0.5, 0.6) is 0 Å². The molecule has 0 aromatic heterocycles. The Bertz CT molecular complexity index is 643. The highest BCUT2D eigenvalue weighted by molar-refractivity contribution is 7.99. The zero-order valence-corrected chi connectivity index (χ0v) is 17.6. The maximum absolute atomic E-state index is 12.2. The number of rotatable bonds is 8. The molecule has 1 amide bonds. The highest BCUT2D eigenvalue weighted by Crippen LogP contribution is 2.19. The zero-order chi connectivity index (χ0) is 19.7. The van der Waals surface area contributed by atoms with Gasteiger partial charge in [0, 0.05) is 30.1 Å². The average Bonchev–Trinajstić information content (AvgIpc) is 3.19. The summed E-state index contributed by atoms with van der Waals surface area (Å²) in [6, 6.07) is 7.81. The van der Waals surface area contributed by atoms with Gasteiger partial charge < -0.3 is 20.7 Å². The van der Waals surface area contributed by atoms with Crippen LogP contribution >= 0.6 is 11.8 Å². The van der Waals surface area contributed by atoms with Gasteiger partial charge in [-0.2, -0.15) is 11.8 Å². The number of aliphatic imine (C=N–C) groups is 1. The van der Waals surface area contributed by atoms with E-state index in [4.69, 9.17) is 4.74 Å². The number of guanidine groups is 1. The molecular formula is C20H32N4O2S. The summed E-state index contributed by atoms with van der Waals surface area (Å²) in [6.07, 6.45) is 3.53. The molecule has 1 atom stereocenters. The van der Waals surface area contributed by atoms with Crippen molar-refractivity contribution in [2.45, 2.75) is 51.0 Å². The third-order valence-electron chi connectivity index (χ3n) is 4.41. The standard InChI is InChI=1S/C20H32N4O2S/c1-5-21-19(23-14-20(2,3)27-4)22-13-15-8-6-9-16(12-15)24-18(25)17-10-7-11-26-17/h6,8-9,12,17H,5,7,10-11,13-14H2,1-4H3,(H,24,25)(H2,21,22,23). The minimum Gasteiger partial charge on any atom is -0.368 e. The second-order valence-electron chi connectivity index (χ2n) is 7.20. The fourth-order valence-electron chi connectivity index (χ4n) is 2.64. The summed E-state index contributed by atoms with van der Waals surface area (Å²) in [5, 5.41) is 9.62. The lowest BCUT2D eigenvalue weighted by Crippen LogP contribution is -2.43. The van der Waals surface area contributed by atoms with Crippen LogP contribution in [0.4, 0.5) is 5.69 Å². The molecule has 1 saturated heterocycles. The number of carbonyl (C=O) groups excluding carboxylic acids is 1. The first kappa shape index (κ1) is 21.6. The van der Waals surface area contributed by atoms with Crippen molar-refractivity contribution in [3.8, 4) is 0 Å². The molecule has 1 fully saturated rings. The lowest BCUT2D eigenvalue weighted by Gasteiger charge is -2.23. The summed E-state index contributed by atoms with van der Waals surface area (Å²) in [7, 11) is 0. The Kier molecular flexibility index (Phi) is 8.44. The van der Waals surface area contributed by atoms with Gasteiger partial charge in [-0.3, -0.25) is 4.79 Å². The lowest BCUT2D eigenvalue weighted by molar-refractivity contribution is -0.124. The molecule has 1 heterocycles. The van der Waals surface area contributed by atoms with Crippen molar-refractivity contribution in [1.29, 1.82) is 0 Å². The summed E-state index contributed by atoms with van der Waals surface area (Å²) in [6.45, 7) is 9.31. The van der Waals surface area contributed by atoms with E-state index in [0.717, 1.165) is 43.1 Å². The molecule has 0 radical (unpaired) electrons. The van der Waals surface area contributed by atoms with Gasteiger partial charge in [-0.15, -0.1) is 0 Å². The fourth-order valence-corrected chi connectivity index (χ4v) is 2.85. The van der Waals surface area contributed by atoms with E-state index in [1.807, 2.05) is 36.0 Å². The van der Waals surface area contributed by atoms with Crippen molar-refractivity contribution in [3.05, 3.63) is 29.8 Å². The summed E-state index contributed by atoms with van der Waals surface area (Å²) < 4.78 is 5.58. The highest BCUT2D eigenvalue weighted by atomic mass is 32.2. The molecular weight excluding hydrogens is 360 g/mol. The number of hydrogen-bond acceptors (Lipinski definition) is 4. The molecule has 1 aliphatic rings. The van der Waals surface area contributed by atoms with E-state index in [1.165, 1.54) is 0 Å². The Balaban J connectivity index is 1.95. The van der Waals surface area contributed by atoms with Crippen LogP contribution in [0.1, 0.15) is 39.2 Å². The molecule has 0 saturated carbocycles. The van der Waals surface area contributed by atoms with Gasteiger partial charge >= 0.3 is 0 Å². The molecule has 0 spiro atoms. The minimum absolute atomic E-state index is 0.0672. The first-order valence-electron chi connectivity index (χ1n) is 9.52. The number of hydrogen-bond donors (Lipinski definition) is 3. The third kappa shape index (κ3) is 7.42. The van der Waals surface area contributed by atoms with E-state index in [2.05, 4.69) is 48.0 Å². The van der Waals surface area contributed by atoms with Gasteiger partial charge in [-0.05, 0) is 57.6 Å². The van der Waals surface area contributed by atoms with Crippen molar-refractivity contribution in [2.24, 2.45) is 4.99 Å². The first-order chi connectivity index (χ1) is 12.9. The molecule has 1 aromatic carbocycles. The van der Waals surface area contributed by atoms with Crippen LogP contribution in [0.3, 0.4) is 0 Å². The number of ether oxygens (including phenoxy) is 1. The highest BCUT2D eigenvalue weighted by Gasteiger charge is 2.23. The van der Waals surface area contributed by atoms with Crippen LogP contribution in [0.15, 0.2) is 29.3 Å². The molecule has 150 valence electrons. The van der Waals surface area contributed by atoms with E-state index < -0.39 is 0 Å². The van der Waals surface area contributed by atoms with Crippen molar-refractivity contribution in [2.75, 3.05) is 31.3 Å². The van der Waals surface area contributed by atoms with E-state index >= 15 is 0 Å². The van der Waals surface area contributed by atoms with Crippen molar-refractivity contribution < 1.29 is 9.53 Å². The minimum atomic E-state index is -0.323. The molecule has 3 N–H and O–H groups in total. The molecule has 2 rings (SSSR count). The largest absolute Gasteiger partial charge is 0.368 e. The van der Waals surface area contributed by atoms with Gasteiger partial charge in [0.2, 0.25) is 0 Å². The molecule has 0 bridgehead atoms. The van der Waals surface area contributed by atoms with Gasteiger partial charge in [0.1, 0.15) is 6.10 Å². The number of nitrogens with one attached hydrogen (secondary N) is 3. The summed E-state index contributed by atoms with van der Waals surface area (Å²) in [4.78, 5) is 16.9. The van der Waals surface area contributed by atoms with Crippen molar-refractivity contribution in [1.82, 2.24) is 10.6 Å². The van der Waals surface area contributed by atoms with E-state index in [9.17, 15) is 4.79 Å². The summed E-state index contributed by atoms with van der Waals surface area (Å²) >= 11 is 1.82. The van der Waals surface area contributed by atoms with Gasteiger partial charge in [-0.25, -0.2) is 4.99 Å². The second-order valence-corrected chi connectivity index (χ2v) is 8.72. The smallest absolute Gasteiger partial charge is 0.253 e. The molecule has 27 heavy (non-hydrogen) atoms. The summed E-state index contributed by atoms with van der Waals surface area (Å²) in [5.41, 5.74) is 1.83. The predicted molar refractivity (Wildman–Crippen MR) is 114 cm³/mol. The Morgan fingerprint density at radius 1 is 1.37 bits per heavy atom. The number of nitrogens with zero attached hydrogens (tertiary/aromatic N) is 1. The number of benzene rings is 1. The molecule has 1 unspecified atom stereocenters. The van der Waals surface area contributed by atoms with Crippen LogP contribution in [-0.2, 0) is 16.1 Å². The van der Waals surface area contributed by atoms with Crippen LogP contribution in [-0.4, -0.2) is 48.7 Å². The van der Waals surface area contributed by atoms with E-state index in [1.54, 1.807) is 0 Å².